The van der Waals surface area contributed by atoms with Crippen LogP contribution in [0, 0.1) is 17.0 Å². The van der Waals surface area contributed by atoms with E-state index in [-0.39, 0.29) is 17.4 Å². The normalized spacial score (nSPS) is 16.3. The van der Waals surface area contributed by atoms with Crippen molar-refractivity contribution >= 4 is 23.0 Å². The largest absolute Gasteiger partial charge is 0.382 e. The Morgan fingerprint density at radius 3 is 2.69 bits per heavy atom. The van der Waals surface area contributed by atoms with Gasteiger partial charge in [0, 0.05) is 36.7 Å². The fourth-order valence-electron chi connectivity index (χ4n) is 2.85. The van der Waals surface area contributed by atoms with E-state index < -0.39 is 10.8 Å². The predicted octanol–water partition coefficient (Wildman–Crippen LogP) is 3.75. The maximum Gasteiger partial charge on any atom is 0.270 e. The number of aryl methyl sites for hydroxylation is 1. The van der Waals surface area contributed by atoms with Crippen LogP contribution in [0.5, 0.6) is 0 Å². The molecule has 1 heterocycles. The van der Waals surface area contributed by atoms with Crippen LogP contribution in [0.1, 0.15) is 28.8 Å². The Hall–Kier alpha value is -2.93. The molecule has 1 fully saturated rings. The number of hydrogen-bond donors (Lipinski definition) is 2. The first-order chi connectivity index (χ1) is 12.5. The number of hydrogen-bond acceptors (Lipinski definition) is 5. The van der Waals surface area contributed by atoms with Gasteiger partial charge < -0.3 is 15.4 Å². The second kappa shape index (κ2) is 7.97. The molecule has 0 saturated carbocycles. The molecule has 2 N–H and O–H groups in total. The van der Waals surface area contributed by atoms with Crippen molar-refractivity contribution in [3.8, 4) is 0 Å². The van der Waals surface area contributed by atoms with Crippen LogP contribution in [0.4, 0.5) is 17.1 Å². The van der Waals surface area contributed by atoms with Crippen molar-refractivity contribution in [2.45, 2.75) is 25.9 Å². The van der Waals surface area contributed by atoms with E-state index in [1.54, 1.807) is 18.2 Å². The fraction of sp³-hybridized carbons (Fsp3) is 0.316. The third-order valence-electron chi connectivity index (χ3n) is 4.31. The highest BCUT2D eigenvalue weighted by molar-refractivity contribution is 6.08. The van der Waals surface area contributed by atoms with E-state index in [4.69, 9.17) is 4.74 Å². The zero-order valence-corrected chi connectivity index (χ0v) is 14.5. The average Bonchev–Trinajstić information content (AvgIpc) is 3.15. The second-order valence-electron chi connectivity index (χ2n) is 6.32. The molecule has 3 rings (SSSR count). The average molecular weight is 355 g/mol. The number of benzene rings is 2. The Kier molecular flexibility index (Phi) is 5.48. The van der Waals surface area contributed by atoms with Gasteiger partial charge in [-0.1, -0.05) is 17.7 Å². The lowest BCUT2D eigenvalue weighted by molar-refractivity contribution is -0.384. The molecule has 7 nitrogen and oxygen atoms in total. The van der Waals surface area contributed by atoms with E-state index in [1.165, 1.54) is 12.1 Å². The minimum atomic E-state index is -0.507. The highest BCUT2D eigenvalue weighted by atomic mass is 16.6. The van der Waals surface area contributed by atoms with E-state index in [9.17, 15) is 14.9 Å². The first-order valence-corrected chi connectivity index (χ1v) is 8.55. The number of non-ortho nitro benzene ring substituents is 1. The van der Waals surface area contributed by atoms with Gasteiger partial charge in [-0.15, -0.1) is 0 Å². The summed E-state index contributed by atoms with van der Waals surface area (Å²) in [6.45, 7) is 3.26. The molecule has 136 valence electrons. The highest BCUT2D eigenvalue weighted by Crippen LogP contribution is 2.24. The number of carbonyl (C=O) groups excluding carboxylic acids is 1. The summed E-state index contributed by atoms with van der Waals surface area (Å²) in [4.78, 5) is 23.3. The lowest BCUT2D eigenvalue weighted by atomic mass is 10.1. The standard InChI is InChI=1S/C19H21N3O4/c1-13-4-6-14(7-5-13)21-19(23)17-11-15(22(24)25)8-9-18(17)20-12-16-3-2-10-26-16/h4-9,11,16,20H,2-3,10,12H2,1H3,(H,21,23). The van der Waals surface area contributed by atoms with Crippen molar-refractivity contribution < 1.29 is 14.5 Å². The molecule has 2 aromatic carbocycles. The van der Waals surface area contributed by atoms with Gasteiger partial charge in [-0.05, 0) is 38.0 Å². The lowest BCUT2D eigenvalue weighted by Crippen LogP contribution is -2.21. The topological polar surface area (TPSA) is 93.5 Å². The Morgan fingerprint density at radius 1 is 1.27 bits per heavy atom. The molecule has 1 unspecified atom stereocenters. The van der Waals surface area contributed by atoms with Crippen molar-refractivity contribution in [3.05, 3.63) is 63.7 Å². The summed E-state index contributed by atoms with van der Waals surface area (Å²) in [5, 5.41) is 17.1. The molecular formula is C19H21N3O4. The molecule has 0 aromatic heterocycles. The predicted molar refractivity (Wildman–Crippen MR) is 99.7 cm³/mol. The van der Waals surface area contributed by atoms with Crippen LogP contribution in [-0.2, 0) is 4.74 Å². The van der Waals surface area contributed by atoms with E-state index in [0.29, 0.717) is 17.9 Å². The summed E-state index contributed by atoms with van der Waals surface area (Å²) in [5.74, 6) is -0.396. The van der Waals surface area contributed by atoms with Crippen molar-refractivity contribution in [1.82, 2.24) is 0 Å². The minimum absolute atomic E-state index is 0.0956. The van der Waals surface area contributed by atoms with Crippen LogP contribution in [0.15, 0.2) is 42.5 Å². The minimum Gasteiger partial charge on any atom is -0.382 e. The molecule has 0 spiro atoms. The molecule has 0 aliphatic carbocycles. The molecule has 1 amide bonds. The van der Waals surface area contributed by atoms with E-state index in [2.05, 4.69) is 10.6 Å². The van der Waals surface area contributed by atoms with Gasteiger partial charge in [-0.3, -0.25) is 14.9 Å². The van der Waals surface area contributed by atoms with E-state index in [1.807, 2.05) is 19.1 Å². The number of anilines is 2. The summed E-state index contributed by atoms with van der Waals surface area (Å²) >= 11 is 0. The number of nitro groups is 1. The first kappa shape index (κ1) is 17.9. The van der Waals surface area contributed by atoms with Crippen molar-refractivity contribution in [2.75, 3.05) is 23.8 Å². The monoisotopic (exact) mass is 355 g/mol. The summed E-state index contributed by atoms with van der Waals surface area (Å²) in [7, 11) is 0. The smallest absolute Gasteiger partial charge is 0.270 e. The quantitative estimate of drug-likeness (QED) is 0.608. The number of amides is 1. The summed E-state index contributed by atoms with van der Waals surface area (Å²) in [6.07, 6.45) is 2.08. The third kappa shape index (κ3) is 4.37. The van der Waals surface area contributed by atoms with Gasteiger partial charge in [-0.25, -0.2) is 0 Å². The number of nitrogens with one attached hydrogen (secondary N) is 2. The third-order valence-corrected chi connectivity index (χ3v) is 4.31. The summed E-state index contributed by atoms with van der Waals surface area (Å²) in [6, 6.07) is 11.6. The summed E-state index contributed by atoms with van der Waals surface area (Å²) in [5.41, 5.74) is 2.38. The number of rotatable bonds is 6. The lowest BCUT2D eigenvalue weighted by Gasteiger charge is -2.15. The Bertz CT molecular complexity index is 799. The molecule has 1 saturated heterocycles. The molecule has 1 aliphatic heterocycles. The molecule has 0 radical (unpaired) electrons. The molecule has 7 heteroatoms. The van der Waals surface area contributed by atoms with Crippen LogP contribution in [0.2, 0.25) is 0 Å². The van der Waals surface area contributed by atoms with Gasteiger partial charge in [0.15, 0.2) is 0 Å². The number of carbonyl (C=O) groups is 1. The van der Waals surface area contributed by atoms with Crippen LogP contribution < -0.4 is 10.6 Å². The van der Waals surface area contributed by atoms with Crippen molar-refractivity contribution in [3.63, 3.8) is 0 Å². The fourth-order valence-corrected chi connectivity index (χ4v) is 2.85. The van der Waals surface area contributed by atoms with Gasteiger partial charge in [0.1, 0.15) is 0 Å². The first-order valence-electron chi connectivity index (χ1n) is 8.55. The van der Waals surface area contributed by atoms with Crippen LogP contribution in [-0.4, -0.2) is 30.1 Å². The maximum absolute atomic E-state index is 12.7. The van der Waals surface area contributed by atoms with Crippen LogP contribution >= 0.6 is 0 Å². The number of nitrogens with zero attached hydrogens (tertiary/aromatic N) is 1. The van der Waals surface area contributed by atoms with E-state index in [0.717, 1.165) is 25.0 Å². The molecule has 26 heavy (non-hydrogen) atoms. The Morgan fingerprint density at radius 2 is 2.04 bits per heavy atom. The molecule has 1 atom stereocenters. The Labute approximate surface area is 151 Å². The SMILES string of the molecule is Cc1ccc(NC(=O)c2cc([N+](=O)[O-])ccc2NCC2CCCO2)cc1. The van der Waals surface area contributed by atoms with Gasteiger partial charge in [0.25, 0.3) is 11.6 Å². The molecule has 0 bridgehead atoms. The molecule has 1 aliphatic rings. The van der Waals surface area contributed by atoms with E-state index >= 15 is 0 Å². The Balaban J connectivity index is 1.80. The van der Waals surface area contributed by atoms with Crippen molar-refractivity contribution in [1.29, 1.82) is 0 Å². The highest BCUT2D eigenvalue weighted by Gasteiger charge is 2.19. The maximum atomic E-state index is 12.7. The molecular weight excluding hydrogens is 334 g/mol. The number of nitro benzene ring substituents is 1. The number of ether oxygens (including phenoxy) is 1. The van der Waals surface area contributed by atoms with Crippen LogP contribution in [0.25, 0.3) is 0 Å². The van der Waals surface area contributed by atoms with Gasteiger partial charge in [0.05, 0.1) is 16.6 Å². The van der Waals surface area contributed by atoms with Gasteiger partial charge in [-0.2, -0.15) is 0 Å². The second-order valence-corrected chi connectivity index (χ2v) is 6.32. The van der Waals surface area contributed by atoms with Crippen molar-refractivity contribution in [2.24, 2.45) is 0 Å². The zero-order chi connectivity index (χ0) is 18.5. The van der Waals surface area contributed by atoms with Gasteiger partial charge in [0.2, 0.25) is 0 Å². The summed E-state index contributed by atoms with van der Waals surface area (Å²) < 4.78 is 5.57. The zero-order valence-electron chi connectivity index (χ0n) is 14.5. The van der Waals surface area contributed by atoms with Gasteiger partial charge >= 0.3 is 0 Å². The van der Waals surface area contributed by atoms with Crippen LogP contribution in [0.3, 0.4) is 0 Å². The molecule has 2 aromatic rings.